The molecule has 0 aliphatic carbocycles. The van der Waals surface area contributed by atoms with Crippen LogP contribution in [-0.2, 0) is 13.6 Å². The van der Waals surface area contributed by atoms with Gasteiger partial charge in [-0.1, -0.05) is 73.6 Å². The third-order valence-electron chi connectivity index (χ3n) is 4.60. The van der Waals surface area contributed by atoms with Gasteiger partial charge in [0.1, 0.15) is 5.75 Å². The average Bonchev–Trinajstić information content (AvgIpc) is 2.52. The van der Waals surface area contributed by atoms with Crippen LogP contribution in [0.2, 0.25) is 0 Å². The minimum Gasteiger partial charge on any atom is -0.404 e. The molecule has 0 aliphatic heterocycles. The molecule has 1 aromatic rings. The Labute approximate surface area is 179 Å². The summed E-state index contributed by atoms with van der Waals surface area (Å²) in [4.78, 5) is 0. The molecule has 2 atom stereocenters. The van der Waals surface area contributed by atoms with Crippen LogP contribution < -0.4 is 4.52 Å². The van der Waals surface area contributed by atoms with Crippen molar-refractivity contribution >= 4 is 7.82 Å². The van der Waals surface area contributed by atoms with Crippen molar-refractivity contribution in [2.45, 2.75) is 81.1 Å². The summed E-state index contributed by atoms with van der Waals surface area (Å²) in [5, 5.41) is 0. The van der Waals surface area contributed by atoms with E-state index >= 15 is 0 Å². The van der Waals surface area contributed by atoms with E-state index in [1.807, 2.05) is 18.2 Å². The van der Waals surface area contributed by atoms with Crippen molar-refractivity contribution in [3.8, 4) is 5.75 Å². The lowest BCUT2D eigenvalue weighted by Gasteiger charge is -2.25. The highest BCUT2D eigenvalue weighted by atomic mass is 31.2. The number of benzene rings is 1. The van der Waals surface area contributed by atoms with Crippen molar-refractivity contribution in [1.29, 1.82) is 0 Å². The van der Waals surface area contributed by atoms with E-state index in [9.17, 15) is 4.57 Å². The molecule has 0 bridgehead atoms. The van der Waals surface area contributed by atoms with Crippen molar-refractivity contribution in [3.05, 3.63) is 30.3 Å². The van der Waals surface area contributed by atoms with Crippen LogP contribution >= 0.6 is 7.82 Å². The summed E-state index contributed by atoms with van der Waals surface area (Å²) in [7, 11) is -3.66. The summed E-state index contributed by atoms with van der Waals surface area (Å²) < 4.78 is 30.4. The first-order chi connectivity index (χ1) is 13.3. The first-order valence-electron chi connectivity index (χ1n) is 10.9. The molecule has 1 aromatic carbocycles. The van der Waals surface area contributed by atoms with Crippen molar-refractivity contribution in [3.63, 3.8) is 0 Å². The van der Waals surface area contributed by atoms with Gasteiger partial charge in [0, 0.05) is 0 Å². The van der Waals surface area contributed by atoms with E-state index in [4.69, 9.17) is 13.6 Å². The van der Waals surface area contributed by atoms with Gasteiger partial charge >= 0.3 is 7.82 Å². The van der Waals surface area contributed by atoms with Gasteiger partial charge < -0.3 is 4.52 Å². The quantitative estimate of drug-likeness (QED) is 0.316. The number of phosphoric ester groups is 1. The van der Waals surface area contributed by atoms with Gasteiger partial charge in [0.15, 0.2) is 0 Å². The smallest absolute Gasteiger partial charge is 0.404 e. The molecular formula is C24H43O4P. The fourth-order valence-electron chi connectivity index (χ4n) is 3.73. The second kappa shape index (κ2) is 11.5. The van der Waals surface area contributed by atoms with Gasteiger partial charge in [0.05, 0.1) is 13.2 Å². The van der Waals surface area contributed by atoms with E-state index in [-0.39, 0.29) is 10.8 Å². The third-order valence-corrected chi connectivity index (χ3v) is 6.03. The topological polar surface area (TPSA) is 44.8 Å². The summed E-state index contributed by atoms with van der Waals surface area (Å²) >= 11 is 0. The number of phosphoric acid groups is 1. The zero-order valence-corrected chi connectivity index (χ0v) is 20.8. The Bertz CT molecular complexity index is 584. The summed E-state index contributed by atoms with van der Waals surface area (Å²) in [5.41, 5.74) is 0.534. The fourth-order valence-corrected chi connectivity index (χ4v) is 4.94. The van der Waals surface area contributed by atoms with Crippen LogP contribution in [-0.4, -0.2) is 13.2 Å². The molecule has 0 saturated carbocycles. The molecule has 0 amide bonds. The molecule has 0 aliphatic rings. The van der Waals surface area contributed by atoms with Crippen LogP contribution in [0, 0.1) is 22.7 Å². The van der Waals surface area contributed by atoms with E-state index in [1.165, 1.54) is 0 Å². The molecule has 0 spiro atoms. The predicted octanol–water partition coefficient (Wildman–Crippen LogP) is 8.13. The normalized spacial score (nSPS) is 16.8. The van der Waals surface area contributed by atoms with Crippen molar-refractivity contribution in [2.24, 2.45) is 22.7 Å². The van der Waals surface area contributed by atoms with Gasteiger partial charge in [-0.25, -0.2) is 4.57 Å². The highest BCUT2D eigenvalue weighted by Gasteiger charge is 2.29. The Balaban J connectivity index is 2.63. The molecule has 168 valence electrons. The minimum atomic E-state index is -3.66. The number of rotatable bonds is 12. The lowest BCUT2D eigenvalue weighted by atomic mass is 9.84. The van der Waals surface area contributed by atoms with E-state index < -0.39 is 7.82 Å². The lowest BCUT2D eigenvalue weighted by molar-refractivity contribution is 0.136. The molecule has 5 heteroatoms. The average molecular weight is 427 g/mol. The maximum absolute atomic E-state index is 13.2. The van der Waals surface area contributed by atoms with E-state index in [0.29, 0.717) is 30.8 Å². The predicted molar refractivity (Wildman–Crippen MR) is 122 cm³/mol. The van der Waals surface area contributed by atoms with Crippen molar-refractivity contribution < 1.29 is 18.1 Å². The standard InChI is InChI=1S/C24H43O4P/c1-20(18-23(3,4)5)14-16-26-29(25,28-22-12-10-9-11-13-22)27-17-15-21(2)19-24(6,7)8/h9-13,20-21H,14-19H2,1-8H3. The SMILES string of the molecule is CC(CCOP(=O)(OCCC(C)CC(C)(C)C)Oc1ccccc1)CC(C)(C)C. The minimum absolute atomic E-state index is 0.267. The molecule has 0 heterocycles. The zero-order chi connectivity index (χ0) is 22.1. The molecule has 29 heavy (non-hydrogen) atoms. The van der Waals surface area contributed by atoms with E-state index in [0.717, 1.165) is 25.7 Å². The summed E-state index contributed by atoms with van der Waals surface area (Å²) in [6.45, 7) is 18.5. The second-order valence-corrected chi connectivity index (χ2v) is 12.4. The Morgan fingerprint density at radius 1 is 0.793 bits per heavy atom. The Hall–Kier alpha value is -0.830. The van der Waals surface area contributed by atoms with Gasteiger partial charge in [-0.15, -0.1) is 0 Å². The van der Waals surface area contributed by atoms with Gasteiger partial charge in [0.25, 0.3) is 0 Å². The molecule has 0 N–H and O–H groups in total. The first-order valence-corrected chi connectivity index (χ1v) is 12.4. The summed E-state index contributed by atoms with van der Waals surface area (Å²) in [6.07, 6.45) is 3.82. The molecule has 0 radical (unpaired) electrons. The molecule has 0 saturated heterocycles. The Morgan fingerprint density at radius 3 is 1.59 bits per heavy atom. The molecule has 1 rings (SSSR count). The number of para-hydroxylation sites is 1. The molecule has 2 unspecified atom stereocenters. The highest BCUT2D eigenvalue weighted by Crippen LogP contribution is 2.50. The van der Waals surface area contributed by atoms with Gasteiger partial charge in [-0.2, -0.15) is 0 Å². The summed E-state index contributed by atoms with van der Waals surface area (Å²) in [6, 6.07) is 9.11. The maximum Gasteiger partial charge on any atom is 0.530 e. The number of hydrogen-bond donors (Lipinski definition) is 0. The fraction of sp³-hybridized carbons (Fsp3) is 0.750. The first kappa shape index (κ1) is 26.2. The molecule has 0 fully saturated rings. The highest BCUT2D eigenvalue weighted by molar-refractivity contribution is 7.48. The second-order valence-electron chi connectivity index (χ2n) is 10.8. The van der Waals surface area contributed by atoms with Crippen LogP contribution in [0.1, 0.15) is 81.1 Å². The van der Waals surface area contributed by atoms with Crippen LogP contribution in [0.4, 0.5) is 0 Å². The van der Waals surface area contributed by atoms with Gasteiger partial charge in [0.2, 0.25) is 0 Å². The zero-order valence-electron chi connectivity index (χ0n) is 19.9. The Kier molecular flexibility index (Phi) is 10.4. The third kappa shape index (κ3) is 13.2. The molecule has 4 nitrogen and oxygen atoms in total. The van der Waals surface area contributed by atoms with Crippen LogP contribution in [0.25, 0.3) is 0 Å². The van der Waals surface area contributed by atoms with Crippen molar-refractivity contribution in [2.75, 3.05) is 13.2 Å². The summed E-state index contributed by atoms with van der Waals surface area (Å²) in [5.74, 6) is 1.46. The maximum atomic E-state index is 13.2. The van der Waals surface area contributed by atoms with Gasteiger partial charge in [-0.05, 0) is 60.5 Å². The number of hydrogen-bond acceptors (Lipinski definition) is 4. The van der Waals surface area contributed by atoms with E-state index in [2.05, 4.69) is 55.4 Å². The monoisotopic (exact) mass is 426 g/mol. The molecule has 0 aromatic heterocycles. The van der Waals surface area contributed by atoms with Crippen LogP contribution in [0.5, 0.6) is 5.75 Å². The largest absolute Gasteiger partial charge is 0.530 e. The van der Waals surface area contributed by atoms with Crippen LogP contribution in [0.15, 0.2) is 30.3 Å². The Morgan fingerprint density at radius 2 is 1.21 bits per heavy atom. The van der Waals surface area contributed by atoms with E-state index in [1.54, 1.807) is 12.1 Å². The van der Waals surface area contributed by atoms with Crippen molar-refractivity contribution in [1.82, 2.24) is 0 Å². The molecular weight excluding hydrogens is 383 g/mol. The lowest BCUT2D eigenvalue weighted by Crippen LogP contribution is -2.14. The van der Waals surface area contributed by atoms with Gasteiger partial charge in [-0.3, -0.25) is 9.05 Å². The van der Waals surface area contributed by atoms with Crippen LogP contribution in [0.3, 0.4) is 0 Å².